The molecule has 2 atom stereocenters. The molecule has 0 radical (unpaired) electrons. The molecule has 3 N–H and O–H groups in total. The monoisotopic (exact) mass is 436 g/mol. The van der Waals surface area contributed by atoms with Gasteiger partial charge < -0.3 is 20.5 Å². The van der Waals surface area contributed by atoms with Crippen molar-refractivity contribution < 1.29 is 24.2 Å². The van der Waals surface area contributed by atoms with Gasteiger partial charge in [-0.15, -0.1) is 0 Å². The number of carboxylic acids is 1. The summed E-state index contributed by atoms with van der Waals surface area (Å²) in [5.41, 5.74) is 4.51. The summed E-state index contributed by atoms with van der Waals surface area (Å²) in [5, 5.41) is 14.5. The van der Waals surface area contributed by atoms with Gasteiger partial charge in [0.1, 0.15) is 18.7 Å². The molecule has 2 aliphatic rings. The molecule has 1 fully saturated rings. The van der Waals surface area contributed by atoms with Gasteiger partial charge >= 0.3 is 12.1 Å². The first-order valence-electron chi connectivity index (χ1n) is 11.1. The third kappa shape index (κ3) is 4.33. The van der Waals surface area contributed by atoms with Crippen molar-refractivity contribution in [3.8, 4) is 11.1 Å². The number of hydrogen-bond donors (Lipinski definition) is 3. The van der Waals surface area contributed by atoms with Crippen LogP contribution in [0.5, 0.6) is 0 Å². The molecule has 2 aromatic rings. The van der Waals surface area contributed by atoms with E-state index in [1.807, 2.05) is 36.4 Å². The van der Waals surface area contributed by atoms with E-state index in [-0.39, 0.29) is 24.9 Å². The second-order valence-corrected chi connectivity index (χ2v) is 8.45. The minimum atomic E-state index is -1.09. The third-order valence-electron chi connectivity index (χ3n) is 6.54. The largest absolute Gasteiger partial charge is 0.480 e. The predicted molar refractivity (Wildman–Crippen MR) is 119 cm³/mol. The summed E-state index contributed by atoms with van der Waals surface area (Å²) in [6.07, 6.45) is 2.21. The Labute approximate surface area is 187 Å². The molecule has 7 nitrogen and oxygen atoms in total. The molecular weight excluding hydrogens is 408 g/mol. The summed E-state index contributed by atoms with van der Waals surface area (Å²) in [4.78, 5) is 36.7. The van der Waals surface area contributed by atoms with Crippen molar-refractivity contribution >= 4 is 18.0 Å². The van der Waals surface area contributed by atoms with E-state index in [2.05, 4.69) is 22.8 Å². The first-order chi connectivity index (χ1) is 15.5. The highest BCUT2D eigenvalue weighted by atomic mass is 16.5. The molecule has 0 aromatic heterocycles. The van der Waals surface area contributed by atoms with Gasteiger partial charge in [-0.1, -0.05) is 61.9 Å². The van der Waals surface area contributed by atoms with Gasteiger partial charge in [0.25, 0.3) is 0 Å². The van der Waals surface area contributed by atoms with Gasteiger partial charge in [0.2, 0.25) is 5.91 Å². The lowest BCUT2D eigenvalue weighted by molar-refractivity contribution is -0.142. The summed E-state index contributed by atoms with van der Waals surface area (Å²) in [5.74, 6) is -1.64. The van der Waals surface area contributed by atoms with E-state index in [1.54, 1.807) is 6.92 Å². The first-order valence-corrected chi connectivity index (χ1v) is 11.1. The molecule has 32 heavy (non-hydrogen) atoms. The minimum Gasteiger partial charge on any atom is -0.480 e. The van der Waals surface area contributed by atoms with Crippen LogP contribution in [0.3, 0.4) is 0 Å². The Morgan fingerprint density at radius 2 is 1.59 bits per heavy atom. The zero-order valence-electron chi connectivity index (χ0n) is 18.0. The highest BCUT2D eigenvalue weighted by Crippen LogP contribution is 2.44. The number of rotatable bonds is 8. The van der Waals surface area contributed by atoms with E-state index in [1.165, 1.54) is 0 Å². The van der Waals surface area contributed by atoms with Crippen molar-refractivity contribution in [3.63, 3.8) is 0 Å². The molecule has 7 heteroatoms. The van der Waals surface area contributed by atoms with Crippen LogP contribution in [0.2, 0.25) is 0 Å². The molecule has 0 spiro atoms. The third-order valence-corrected chi connectivity index (χ3v) is 6.54. The molecule has 2 aliphatic carbocycles. The van der Waals surface area contributed by atoms with Crippen molar-refractivity contribution in [2.24, 2.45) is 5.92 Å². The van der Waals surface area contributed by atoms with Crippen molar-refractivity contribution in [3.05, 3.63) is 59.7 Å². The fourth-order valence-electron chi connectivity index (χ4n) is 4.54. The maximum atomic E-state index is 12.7. The van der Waals surface area contributed by atoms with E-state index in [9.17, 15) is 19.5 Å². The number of carbonyl (C=O) groups is 3. The van der Waals surface area contributed by atoms with Crippen LogP contribution in [-0.4, -0.2) is 41.8 Å². The van der Waals surface area contributed by atoms with Gasteiger partial charge in [-0.25, -0.2) is 9.59 Å². The fourth-order valence-corrected chi connectivity index (χ4v) is 4.54. The Hall–Kier alpha value is -3.35. The Morgan fingerprint density at radius 3 is 2.09 bits per heavy atom. The molecule has 0 aliphatic heterocycles. The van der Waals surface area contributed by atoms with Gasteiger partial charge in [0, 0.05) is 5.92 Å². The topological polar surface area (TPSA) is 105 Å². The van der Waals surface area contributed by atoms with Crippen LogP contribution in [0.4, 0.5) is 4.79 Å². The van der Waals surface area contributed by atoms with Crippen molar-refractivity contribution in [2.75, 3.05) is 6.61 Å². The summed E-state index contributed by atoms with van der Waals surface area (Å²) < 4.78 is 5.57. The smallest absolute Gasteiger partial charge is 0.407 e. The van der Waals surface area contributed by atoms with E-state index < -0.39 is 30.1 Å². The second-order valence-electron chi connectivity index (χ2n) is 8.45. The van der Waals surface area contributed by atoms with Crippen molar-refractivity contribution in [2.45, 2.75) is 50.6 Å². The molecule has 0 saturated heterocycles. The molecule has 4 rings (SSSR count). The van der Waals surface area contributed by atoms with E-state index in [4.69, 9.17) is 4.74 Å². The number of alkyl carbamates (subject to hydrolysis) is 1. The van der Waals surface area contributed by atoms with Crippen molar-refractivity contribution in [1.29, 1.82) is 0 Å². The average Bonchev–Trinajstić information content (AvgIpc) is 3.07. The number of hydrogen-bond acceptors (Lipinski definition) is 4. The minimum absolute atomic E-state index is 0.0122. The Balaban J connectivity index is 1.42. The van der Waals surface area contributed by atoms with Crippen LogP contribution in [-0.2, 0) is 14.3 Å². The highest BCUT2D eigenvalue weighted by Gasteiger charge is 2.36. The molecular formula is C25H28N2O5. The quantitative estimate of drug-likeness (QED) is 0.586. The Bertz CT molecular complexity index is 971. The van der Waals surface area contributed by atoms with E-state index in [0.29, 0.717) is 0 Å². The fraction of sp³-hybridized carbons (Fsp3) is 0.400. The molecule has 168 valence electrons. The van der Waals surface area contributed by atoms with Gasteiger partial charge in [-0.2, -0.15) is 0 Å². The maximum absolute atomic E-state index is 12.7. The van der Waals surface area contributed by atoms with E-state index in [0.717, 1.165) is 41.5 Å². The van der Waals surface area contributed by atoms with Crippen LogP contribution in [0.1, 0.15) is 49.7 Å². The number of aliphatic carboxylic acids is 1. The van der Waals surface area contributed by atoms with Crippen LogP contribution in [0.15, 0.2) is 48.5 Å². The van der Waals surface area contributed by atoms with Gasteiger partial charge in [-0.05, 0) is 47.4 Å². The highest BCUT2D eigenvalue weighted by molar-refractivity contribution is 5.89. The lowest BCUT2D eigenvalue weighted by Crippen LogP contribution is -2.55. The number of benzene rings is 2. The first kappa shape index (κ1) is 21.9. The molecule has 1 saturated carbocycles. The maximum Gasteiger partial charge on any atom is 0.407 e. The number of ether oxygens (including phenoxy) is 1. The lowest BCUT2D eigenvalue weighted by atomic mass is 9.79. The molecule has 2 amide bonds. The standard InChI is InChI=1S/C25H28N2O5/c1-2-21(24(29)30)26-23(28)22(15-8-7-9-15)27-25(31)32-14-20-18-12-5-3-10-16(18)17-11-4-6-13-19(17)20/h3-6,10-13,15,20-22H,2,7-9,14H2,1H3,(H,26,28)(H,27,31)(H,29,30). The molecule has 2 unspecified atom stereocenters. The van der Waals surface area contributed by atoms with E-state index >= 15 is 0 Å². The average molecular weight is 437 g/mol. The van der Waals surface area contributed by atoms with Gasteiger partial charge in [0.05, 0.1) is 0 Å². The number of nitrogens with one attached hydrogen (secondary N) is 2. The van der Waals surface area contributed by atoms with Crippen LogP contribution in [0.25, 0.3) is 11.1 Å². The van der Waals surface area contributed by atoms with Gasteiger partial charge in [-0.3, -0.25) is 4.79 Å². The van der Waals surface area contributed by atoms with Crippen LogP contribution >= 0.6 is 0 Å². The molecule has 0 heterocycles. The molecule has 2 aromatic carbocycles. The van der Waals surface area contributed by atoms with Crippen LogP contribution < -0.4 is 10.6 Å². The van der Waals surface area contributed by atoms with Gasteiger partial charge in [0.15, 0.2) is 0 Å². The second kappa shape index (κ2) is 9.42. The zero-order valence-corrected chi connectivity index (χ0v) is 18.0. The number of amides is 2. The van der Waals surface area contributed by atoms with Crippen molar-refractivity contribution in [1.82, 2.24) is 10.6 Å². The predicted octanol–water partition coefficient (Wildman–Crippen LogP) is 3.67. The number of carbonyl (C=O) groups excluding carboxylic acids is 2. The Morgan fingerprint density at radius 1 is 1.00 bits per heavy atom. The summed E-state index contributed by atoms with van der Waals surface area (Å²) in [7, 11) is 0. The number of fused-ring (bicyclic) bond motifs is 3. The summed E-state index contributed by atoms with van der Waals surface area (Å²) in [6, 6.07) is 14.4. The molecule has 0 bridgehead atoms. The normalized spacial score (nSPS) is 16.8. The zero-order chi connectivity index (χ0) is 22.7. The lowest BCUT2D eigenvalue weighted by Gasteiger charge is -2.33. The summed E-state index contributed by atoms with van der Waals surface area (Å²) in [6.45, 7) is 1.85. The SMILES string of the molecule is CCC(NC(=O)C(NC(=O)OCC1c2ccccc2-c2ccccc21)C1CCC1)C(=O)O. The van der Waals surface area contributed by atoms with Crippen LogP contribution in [0, 0.1) is 5.92 Å². The Kier molecular flexibility index (Phi) is 6.44. The summed E-state index contributed by atoms with van der Waals surface area (Å²) >= 11 is 0. The number of carboxylic acid groups (broad SMARTS) is 1.